The van der Waals surface area contributed by atoms with Crippen molar-refractivity contribution in [3.8, 4) is 6.07 Å². The number of hydrogen-bond acceptors (Lipinski definition) is 1. The van der Waals surface area contributed by atoms with Gasteiger partial charge < -0.3 is 0 Å². The summed E-state index contributed by atoms with van der Waals surface area (Å²) in [7, 11) is 0. The smallest absolute Gasteiger partial charge is 0.0991 e. The molecule has 0 saturated carbocycles. The molecule has 0 aliphatic carbocycles. The van der Waals surface area contributed by atoms with Gasteiger partial charge in [-0.2, -0.15) is 5.26 Å². The van der Waals surface area contributed by atoms with Crippen LogP contribution < -0.4 is 0 Å². The van der Waals surface area contributed by atoms with E-state index in [9.17, 15) is 0 Å². The number of benzene rings is 1. The van der Waals surface area contributed by atoms with Crippen LogP contribution in [0.2, 0.25) is 0 Å². The van der Waals surface area contributed by atoms with Crippen molar-refractivity contribution in [3.63, 3.8) is 0 Å². The first-order valence-corrected chi connectivity index (χ1v) is 9.25. The third-order valence-electron chi connectivity index (χ3n) is 3.47. The largest absolute Gasteiger partial charge is 0.192 e. The van der Waals surface area contributed by atoms with E-state index in [0.717, 1.165) is 31.2 Å². The van der Waals surface area contributed by atoms with Gasteiger partial charge in [0.15, 0.2) is 0 Å². The number of nitriles is 1. The predicted octanol–water partition coefficient (Wildman–Crippen LogP) is 7.24. The number of nitrogens with zero attached hydrogens (tertiary/aromatic N) is 1. The Morgan fingerprint density at radius 2 is 1.65 bits per heavy atom. The molecule has 23 heavy (non-hydrogen) atoms. The maximum atomic E-state index is 8.88. The van der Waals surface area contributed by atoms with Crippen LogP contribution in [0.4, 0.5) is 0 Å². The van der Waals surface area contributed by atoms with E-state index >= 15 is 0 Å². The molecule has 1 heteroatoms. The fraction of sp³-hybridized carbons (Fsp3) is 0.591. The molecule has 1 aromatic rings. The summed E-state index contributed by atoms with van der Waals surface area (Å²) in [6.07, 6.45) is 8.35. The Bertz CT molecular complexity index is 450. The van der Waals surface area contributed by atoms with Gasteiger partial charge in [0.2, 0.25) is 0 Å². The standard InChI is InChI=1S/C15H19N.C5H12.C2H6/c1-4-14-9-8-13(11-16)10-15(14)7-5-6-12(2)3;1-3-5-4-2;1-2/h8-10H,2,4-7H2,1,3H3;3-5H2,1-2H3;1-2H3. The van der Waals surface area contributed by atoms with Crippen LogP contribution >= 0.6 is 0 Å². The van der Waals surface area contributed by atoms with Gasteiger partial charge in [0.25, 0.3) is 0 Å². The van der Waals surface area contributed by atoms with Crippen molar-refractivity contribution >= 4 is 0 Å². The molecule has 1 rings (SSSR count). The Morgan fingerprint density at radius 3 is 2.04 bits per heavy atom. The monoisotopic (exact) mass is 315 g/mol. The summed E-state index contributed by atoms with van der Waals surface area (Å²) in [6.45, 7) is 16.6. The average Bonchev–Trinajstić information content (AvgIpc) is 2.57. The van der Waals surface area contributed by atoms with Gasteiger partial charge in [0, 0.05) is 0 Å². The second kappa shape index (κ2) is 16.8. The van der Waals surface area contributed by atoms with E-state index in [1.807, 2.05) is 26.0 Å². The molecule has 0 aromatic heterocycles. The van der Waals surface area contributed by atoms with E-state index in [2.05, 4.69) is 46.4 Å². The lowest BCUT2D eigenvalue weighted by Crippen LogP contribution is -1.94. The zero-order valence-electron chi connectivity index (χ0n) is 16.3. The lowest BCUT2D eigenvalue weighted by molar-refractivity contribution is 0.772. The lowest BCUT2D eigenvalue weighted by Gasteiger charge is -2.08. The molecule has 1 nitrogen and oxygen atoms in total. The Hall–Kier alpha value is -1.55. The van der Waals surface area contributed by atoms with E-state index in [0.29, 0.717) is 0 Å². The normalized spacial score (nSPS) is 8.91. The minimum atomic E-state index is 0.766. The van der Waals surface area contributed by atoms with E-state index in [-0.39, 0.29) is 0 Å². The van der Waals surface area contributed by atoms with Crippen LogP contribution in [-0.2, 0) is 12.8 Å². The molecule has 0 spiro atoms. The molecule has 1 aromatic carbocycles. The van der Waals surface area contributed by atoms with E-state index in [1.54, 1.807) is 0 Å². The van der Waals surface area contributed by atoms with Crippen LogP contribution in [0.1, 0.15) is 90.3 Å². The highest BCUT2D eigenvalue weighted by Crippen LogP contribution is 2.16. The van der Waals surface area contributed by atoms with Crippen molar-refractivity contribution in [2.75, 3.05) is 0 Å². The molecule has 0 aliphatic heterocycles. The third kappa shape index (κ3) is 12.7. The van der Waals surface area contributed by atoms with Crippen molar-refractivity contribution in [3.05, 3.63) is 47.0 Å². The van der Waals surface area contributed by atoms with Gasteiger partial charge in [-0.3, -0.25) is 0 Å². The molecule has 0 amide bonds. The summed E-state index contributed by atoms with van der Waals surface area (Å²) < 4.78 is 0. The van der Waals surface area contributed by atoms with Crippen molar-refractivity contribution < 1.29 is 0 Å². The summed E-state index contributed by atoms with van der Waals surface area (Å²) in [6, 6.07) is 8.21. The Kier molecular flexibility index (Phi) is 17.3. The number of allylic oxidation sites excluding steroid dienone is 1. The maximum absolute atomic E-state index is 8.88. The summed E-state index contributed by atoms with van der Waals surface area (Å²) in [5.41, 5.74) is 4.68. The quantitative estimate of drug-likeness (QED) is 0.486. The zero-order valence-corrected chi connectivity index (χ0v) is 16.3. The highest BCUT2D eigenvalue weighted by atomic mass is 14.2. The van der Waals surface area contributed by atoms with Crippen LogP contribution in [0.15, 0.2) is 30.4 Å². The van der Waals surface area contributed by atoms with Gasteiger partial charge in [-0.25, -0.2) is 0 Å². The second-order valence-corrected chi connectivity index (χ2v) is 5.61. The molecule has 0 saturated heterocycles. The highest BCUT2D eigenvalue weighted by Gasteiger charge is 2.02. The van der Waals surface area contributed by atoms with Crippen LogP contribution in [0.5, 0.6) is 0 Å². The summed E-state index contributed by atoms with van der Waals surface area (Å²) in [4.78, 5) is 0. The molecule has 0 atom stereocenters. The Labute approximate surface area is 145 Å². The minimum absolute atomic E-state index is 0.766. The molecule has 130 valence electrons. The van der Waals surface area contributed by atoms with Crippen LogP contribution in [-0.4, -0.2) is 0 Å². The topological polar surface area (TPSA) is 23.8 Å². The first-order chi connectivity index (χ1) is 11.1. The average molecular weight is 316 g/mol. The van der Waals surface area contributed by atoms with Gasteiger partial charge in [-0.1, -0.05) is 65.5 Å². The molecule has 0 aliphatic rings. The third-order valence-corrected chi connectivity index (χ3v) is 3.47. The Morgan fingerprint density at radius 1 is 1.04 bits per heavy atom. The first-order valence-electron chi connectivity index (χ1n) is 9.25. The van der Waals surface area contributed by atoms with Gasteiger partial charge in [0.05, 0.1) is 11.6 Å². The molecule has 0 N–H and O–H groups in total. The number of hydrogen-bond donors (Lipinski definition) is 0. The number of aryl methyl sites for hydroxylation is 2. The molecule has 0 fully saturated rings. The molecule has 0 radical (unpaired) electrons. The highest BCUT2D eigenvalue weighted by molar-refractivity contribution is 5.38. The summed E-state index contributed by atoms with van der Waals surface area (Å²) >= 11 is 0. The number of unbranched alkanes of at least 4 members (excludes halogenated alkanes) is 2. The van der Waals surface area contributed by atoms with Crippen molar-refractivity contribution in [2.45, 2.75) is 86.5 Å². The molecule has 0 unspecified atom stereocenters. The van der Waals surface area contributed by atoms with Crippen LogP contribution in [0.3, 0.4) is 0 Å². The molecular weight excluding hydrogens is 278 g/mol. The number of rotatable bonds is 7. The van der Waals surface area contributed by atoms with E-state index in [4.69, 9.17) is 5.26 Å². The summed E-state index contributed by atoms with van der Waals surface area (Å²) in [5.74, 6) is 0. The van der Waals surface area contributed by atoms with E-state index < -0.39 is 0 Å². The molecule has 0 bridgehead atoms. The fourth-order valence-electron chi connectivity index (χ4n) is 2.21. The van der Waals surface area contributed by atoms with Gasteiger partial charge in [0.1, 0.15) is 0 Å². The first kappa shape index (κ1) is 23.7. The second-order valence-electron chi connectivity index (χ2n) is 5.61. The van der Waals surface area contributed by atoms with Gasteiger partial charge in [-0.15, -0.1) is 6.58 Å². The molecule has 0 heterocycles. The van der Waals surface area contributed by atoms with Crippen molar-refractivity contribution in [1.29, 1.82) is 5.26 Å². The van der Waals surface area contributed by atoms with E-state index in [1.165, 1.54) is 36.0 Å². The summed E-state index contributed by atoms with van der Waals surface area (Å²) in [5, 5.41) is 8.88. The van der Waals surface area contributed by atoms with Crippen molar-refractivity contribution in [1.82, 2.24) is 0 Å². The zero-order chi connectivity index (χ0) is 18.1. The predicted molar refractivity (Wildman–Crippen MR) is 105 cm³/mol. The van der Waals surface area contributed by atoms with Crippen molar-refractivity contribution in [2.24, 2.45) is 0 Å². The Balaban J connectivity index is 0. The van der Waals surface area contributed by atoms with Crippen LogP contribution in [0, 0.1) is 11.3 Å². The molecular formula is C22H37N. The van der Waals surface area contributed by atoms with Gasteiger partial charge in [-0.05, 0) is 55.9 Å². The minimum Gasteiger partial charge on any atom is -0.192 e. The maximum Gasteiger partial charge on any atom is 0.0991 e. The van der Waals surface area contributed by atoms with Gasteiger partial charge >= 0.3 is 0 Å². The lowest BCUT2D eigenvalue weighted by atomic mass is 9.97. The fourth-order valence-corrected chi connectivity index (χ4v) is 2.21. The SMILES string of the molecule is C=C(C)CCCc1cc(C#N)ccc1CC.CC.CCCCC. The van der Waals surface area contributed by atoms with Crippen LogP contribution in [0.25, 0.3) is 0 Å².